The van der Waals surface area contributed by atoms with Crippen LogP contribution in [-0.2, 0) is 0 Å². The van der Waals surface area contributed by atoms with Gasteiger partial charge in [-0.2, -0.15) is 0 Å². The number of carbonyl (C=O) groups excluding carboxylic acids is 1. The van der Waals surface area contributed by atoms with Crippen molar-refractivity contribution in [3.8, 4) is 0 Å². The minimum absolute atomic E-state index is 0.0316. The van der Waals surface area contributed by atoms with Gasteiger partial charge >= 0.3 is 5.97 Å². The number of amides is 1. The van der Waals surface area contributed by atoms with E-state index in [1.807, 2.05) is 0 Å². The molecule has 0 aliphatic heterocycles. The van der Waals surface area contributed by atoms with Crippen LogP contribution in [0.3, 0.4) is 0 Å². The van der Waals surface area contributed by atoms with Gasteiger partial charge in [0, 0.05) is 4.47 Å². The highest BCUT2D eigenvalue weighted by Crippen LogP contribution is 2.29. The van der Waals surface area contributed by atoms with Crippen molar-refractivity contribution in [1.82, 2.24) is 0 Å². The quantitative estimate of drug-likeness (QED) is 0.800. The lowest BCUT2D eigenvalue weighted by atomic mass is 10.1. The molecular formula is C14H8BrCl2NO3. The molecule has 0 bridgehead atoms. The minimum atomic E-state index is -1.15. The van der Waals surface area contributed by atoms with E-state index < -0.39 is 11.9 Å². The van der Waals surface area contributed by atoms with Crippen LogP contribution in [0.25, 0.3) is 0 Å². The number of carbonyl (C=O) groups is 2. The number of hydrogen-bond acceptors (Lipinski definition) is 2. The van der Waals surface area contributed by atoms with Crippen LogP contribution in [0.15, 0.2) is 40.9 Å². The molecule has 2 N–H and O–H groups in total. The van der Waals surface area contributed by atoms with Crippen molar-refractivity contribution in [2.45, 2.75) is 0 Å². The van der Waals surface area contributed by atoms with E-state index in [-0.39, 0.29) is 26.9 Å². The van der Waals surface area contributed by atoms with Crippen molar-refractivity contribution < 1.29 is 14.7 Å². The summed E-state index contributed by atoms with van der Waals surface area (Å²) >= 11 is 15.0. The van der Waals surface area contributed by atoms with Crippen LogP contribution in [0, 0.1) is 0 Å². The Bertz CT molecular complexity index is 734. The number of para-hydroxylation sites is 1. The van der Waals surface area contributed by atoms with Crippen LogP contribution in [0.5, 0.6) is 0 Å². The summed E-state index contributed by atoms with van der Waals surface area (Å²) in [4.78, 5) is 23.4. The fourth-order valence-electron chi connectivity index (χ4n) is 1.69. The molecule has 2 rings (SSSR count). The van der Waals surface area contributed by atoms with E-state index in [0.29, 0.717) is 4.47 Å². The van der Waals surface area contributed by atoms with Gasteiger partial charge in [-0.25, -0.2) is 4.79 Å². The van der Waals surface area contributed by atoms with Gasteiger partial charge in [-0.05, 0) is 40.2 Å². The van der Waals surface area contributed by atoms with E-state index in [9.17, 15) is 9.59 Å². The van der Waals surface area contributed by atoms with Gasteiger partial charge in [0.25, 0.3) is 5.91 Å². The molecule has 0 fully saturated rings. The second-order valence-electron chi connectivity index (χ2n) is 4.02. The van der Waals surface area contributed by atoms with Crippen molar-refractivity contribution >= 4 is 56.7 Å². The highest BCUT2D eigenvalue weighted by Gasteiger charge is 2.18. The molecule has 0 aliphatic carbocycles. The molecule has 0 spiro atoms. The van der Waals surface area contributed by atoms with E-state index in [1.165, 1.54) is 12.1 Å². The molecule has 0 heterocycles. The van der Waals surface area contributed by atoms with E-state index in [1.54, 1.807) is 24.3 Å². The van der Waals surface area contributed by atoms with Gasteiger partial charge in [-0.1, -0.05) is 35.3 Å². The molecule has 2 aromatic rings. The van der Waals surface area contributed by atoms with Gasteiger partial charge in [0.05, 0.1) is 26.9 Å². The standard InChI is InChI=1S/C14H8BrCl2NO3/c15-9-5-1-4-8(14(20)21)12(9)18-13(19)7-3-2-6-10(16)11(7)17/h1-6H,(H,18,19)(H,20,21). The molecule has 0 saturated carbocycles. The molecule has 0 radical (unpaired) electrons. The third-order valence-electron chi connectivity index (χ3n) is 2.68. The van der Waals surface area contributed by atoms with Crippen LogP contribution < -0.4 is 5.32 Å². The molecule has 1 amide bonds. The number of halogens is 3. The zero-order valence-corrected chi connectivity index (χ0v) is 13.5. The summed E-state index contributed by atoms with van der Waals surface area (Å²) < 4.78 is 0.453. The zero-order chi connectivity index (χ0) is 15.6. The minimum Gasteiger partial charge on any atom is -0.478 e. The van der Waals surface area contributed by atoms with Crippen molar-refractivity contribution in [2.24, 2.45) is 0 Å². The highest BCUT2D eigenvalue weighted by atomic mass is 79.9. The zero-order valence-electron chi connectivity index (χ0n) is 10.4. The van der Waals surface area contributed by atoms with E-state index in [4.69, 9.17) is 28.3 Å². The predicted octanol–water partition coefficient (Wildman–Crippen LogP) is 4.71. The molecule has 4 nitrogen and oxygen atoms in total. The Labute approximate surface area is 138 Å². The number of anilines is 1. The summed E-state index contributed by atoms with van der Waals surface area (Å²) in [6, 6.07) is 9.23. The maximum Gasteiger partial charge on any atom is 0.337 e. The first kappa shape index (κ1) is 15.8. The van der Waals surface area contributed by atoms with E-state index >= 15 is 0 Å². The second-order valence-corrected chi connectivity index (χ2v) is 5.66. The first-order valence-corrected chi connectivity index (χ1v) is 7.24. The predicted molar refractivity (Wildman–Crippen MR) is 85.5 cm³/mol. The number of carboxylic acid groups (broad SMARTS) is 1. The smallest absolute Gasteiger partial charge is 0.337 e. The summed E-state index contributed by atoms with van der Waals surface area (Å²) in [5.74, 6) is -1.69. The van der Waals surface area contributed by atoms with Crippen molar-refractivity contribution in [1.29, 1.82) is 0 Å². The number of hydrogen-bond donors (Lipinski definition) is 2. The summed E-state index contributed by atoms with van der Waals surface area (Å²) in [5, 5.41) is 12.0. The maximum absolute atomic E-state index is 12.2. The number of aromatic carboxylic acids is 1. The third-order valence-corrected chi connectivity index (χ3v) is 4.16. The van der Waals surface area contributed by atoms with Gasteiger partial charge in [0.1, 0.15) is 0 Å². The first-order chi connectivity index (χ1) is 9.91. The number of benzene rings is 2. The van der Waals surface area contributed by atoms with Crippen LogP contribution in [-0.4, -0.2) is 17.0 Å². The van der Waals surface area contributed by atoms with Gasteiger partial charge in [0.15, 0.2) is 0 Å². The Hall–Kier alpha value is -1.56. The Morgan fingerprint density at radius 2 is 1.67 bits per heavy atom. The Balaban J connectivity index is 2.41. The van der Waals surface area contributed by atoms with Gasteiger partial charge in [-0.3, -0.25) is 4.79 Å². The van der Waals surface area contributed by atoms with Crippen LogP contribution in [0.2, 0.25) is 10.0 Å². The molecule has 0 atom stereocenters. The van der Waals surface area contributed by atoms with Crippen molar-refractivity contribution in [3.63, 3.8) is 0 Å². The number of rotatable bonds is 3. The lowest BCUT2D eigenvalue weighted by Crippen LogP contribution is -2.15. The normalized spacial score (nSPS) is 10.2. The lowest BCUT2D eigenvalue weighted by Gasteiger charge is -2.11. The lowest BCUT2D eigenvalue weighted by molar-refractivity contribution is 0.0698. The summed E-state index contributed by atoms with van der Waals surface area (Å²) in [7, 11) is 0. The number of carboxylic acids is 1. The molecule has 0 unspecified atom stereocenters. The van der Waals surface area contributed by atoms with Crippen LogP contribution >= 0.6 is 39.1 Å². The second kappa shape index (κ2) is 6.47. The monoisotopic (exact) mass is 387 g/mol. The van der Waals surface area contributed by atoms with Gasteiger partial charge in [-0.15, -0.1) is 0 Å². The van der Waals surface area contributed by atoms with Crippen molar-refractivity contribution in [3.05, 3.63) is 62.0 Å². The molecular weight excluding hydrogens is 381 g/mol. The first-order valence-electron chi connectivity index (χ1n) is 5.69. The molecule has 2 aromatic carbocycles. The summed E-state index contributed by atoms with van der Waals surface area (Å²) in [6.07, 6.45) is 0. The van der Waals surface area contributed by atoms with Gasteiger partial charge < -0.3 is 10.4 Å². The molecule has 0 saturated heterocycles. The molecule has 21 heavy (non-hydrogen) atoms. The molecule has 7 heteroatoms. The Morgan fingerprint density at radius 1 is 1.05 bits per heavy atom. The SMILES string of the molecule is O=C(Nc1c(Br)cccc1C(=O)O)c1cccc(Cl)c1Cl. The Kier molecular flexibility index (Phi) is 4.88. The topological polar surface area (TPSA) is 66.4 Å². The van der Waals surface area contributed by atoms with Crippen molar-refractivity contribution in [2.75, 3.05) is 5.32 Å². The maximum atomic E-state index is 12.2. The number of nitrogens with one attached hydrogen (secondary N) is 1. The molecule has 0 aromatic heterocycles. The summed E-state index contributed by atoms with van der Waals surface area (Å²) in [6.45, 7) is 0. The van der Waals surface area contributed by atoms with Crippen LogP contribution in [0.4, 0.5) is 5.69 Å². The molecule has 0 aliphatic rings. The van der Waals surface area contributed by atoms with Crippen LogP contribution in [0.1, 0.15) is 20.7 Å². The average molecular weight is 389 g/mol. The molecule has 108 valence electrons. The van der Waals surface area contributed by atoms with E-state index in [2.05, 4.69) is 21.2 Å². The Morgan fingerprint density at radius 3 is 2.33 bits per heavy atom. The summed E-state index contributed by atoms with van der Waals surface area (Å²) in [5.41, 5.74) is 0.290. The largest absolute Gasteiger partial charge is 0.478 e. The van der Waals surface area contributed by atoms with Gasteiger partial charge in [0.2, 0.25) is 0 Å². The van der Waals surface area contributed by atoms with E-state index in [0.717, 1.165) is 0 Å². The highest BCUT2D eigenvalue weighted by molar-refractivity contribution is 9.10. The average Bonchev–Trinajstić information content (AvgIpc) is 2.43. The third kappa shape index (κ3) is 3.37. The fraction of sp³-hybridized carbons (Fsp3) is 0. The fourth-order valence-corrected chi connectivity index (χ4v) is 2.54.